The van der Waals surface area contributed by atoms with E-state index in [1.165, 1.54) is 5.56 Å². The van der Waals surface area contributed by atoms with Crippen molar-refractivity contribution in [2.45, 2.75) is 19.3 Å². The molecule has 0 aliphatic heterocycles. The van der Waals surface area contributed by atoms with Gasteiger partial charge in [0, 0.05) is 17.3 Å². The molecule has 15 heavy (non-hydrogen) atoms. The number of benzene rings is 1. The molecule has 0 atom stereocenters. The lowest BCUT2D eigenvalue weighted by Crippen LogP contribution is -2.27. The van der Waals surface area contributed by atoms with E-state index in [-0.39, 0.29) is 5.41 Å². The third-order valence-electron chi connectivity index (χ3n) is 2.80. The number of nitrogens with one attached hydrogen (secondary N) is 1. The minimum absolute atomic E-state index is 0.0329. The molecule has 0 saturated carbocycles. The lowest BCUT2D eigenvalue weighted by molar-refractivity contribution is 0.540. The second-order valence-corrected chi connectivity index (χ2v) is 4.74. The van der Waals surface area contributed by atoms with Gasteiger partial charge in [-0.05, 0) is 17.7 Å². The molecule has 2 rings (SSSR count). The van der Waals surface area contributed by atoms with Crippen LogP contribution in [0.3, 0.4) is 0 Å². The molecule has 0 saturated heterocycles. The number of hydrogen-bond acceptors (Lipinski definition) is 2. The first kappa shape index (κ1) is 10.5. The van der Waals surface area contributed by atoms with Crippen molar-refractivity contribution >= 4 is 22.5 Å². The van der Waals surface area contributed by atoms with Crippen molar-refractivity contribution < 1.29 is 0 Å². The van der Waals surface area contributed by atoms with Crippen LogP contribution in [-0.2, 0) is 5.41 Å². The van der Waals surface area contributed by atoms with Crippen molar-refractivity contribution in [1.82, 2.24) is 10.2 Å². The maximum absolute atomic E-state index is 5.99. The van der Waals surface area contributed by atoms with Crippen LogP contribution >= 0.6 is 11.6 Å². The second kappa shape index (κ2) is 3.51. The third-order valence-corrected chi connectivity index (χ3v) is 3.09. The third kappa shape index (κ3) is 1.73. The fourth-order valence-electron chi connectivity index (χ4n) is 1.52. The van der Waals surface area contributed by atoms with Crippen molar-refractivity contribution in [2.24, 2.45) is 5.73 Å². The highest BCUT2D eigenvalue weighted by Gasteiger charge is 2.19. The maximum Gasteiger partial charge on any atom is 0.132 e. The Labute approximate surface area is 93.6 Å². The van der Waals surface area contributed by atoms with Crippen molar-refractivity contribution in [2.75, 3.05) is 6.54 Å². The standard InChI is InChI=1S/C11H14ClN3/c1-11(2,6-13)7-3-4-9-8(5-7)10(12)15-14-9/h3-5H,6,13H2,1-2H3,(H,14,15). The topological polar surface area (TPSA) is 54.7 Å². The predicted octanol–water partition coefficient (Wildman–Crippen LogP) is 2.45. The quantitative estimate of drug-likeness (QED) is 0.822. The summed E-state index contributed by atoms with van der Waals surface area (Å²) in [7, 11) is 0. The van der Waals surface area contributed by atoms with E-state index in [1.807, 2.05) is 18.2 Å². The van der Waals surface area contributed by atoms with Gasteiger partial charge in [0.25, 0.3) is 0 Å². The normalized spacial score (nSPS) is 12.3. The molecule has 4 heteroatoms. The summed E-state index contributed by atoms with van der Waals surface area (Å²) in [6.07, 6.45) is 0. The van der Waals surface area contributed by atoms with Gasteiger partial charge in [-0.1, -0.05) is 31.5 Å². The van der Waals surface area contributed by atoms with Gasteiger partial charge in [0.15, 0.2) is 0 Å². The SMILES string of the molecule is CC(C)(CN)c1ccc2n[nH]c(Cl)c2c1. The van der Waals surface area contributed by atoms with Crippen LogP contribution in [-0.4, -0.2) is 16.7 Å². The maximum atomic E-state index is 5.99. The second-order valence-electron chi connectivity index (χ2n) is 4.36. The minimum atomic E-state index is -0.0329. The van der Waals surface area contributed by atoms with E-state index in [0.717, 1.165) is 10.9 Å². The first-order valence-corrected chi connectivity index (χ1v) is 5.26. The van der Waals surface area contributed by atoms with Crippen LogP contribution in [0, 0.1) is 0 Å². The molecule has 1 aromatic heterocycles. The molecule has 2 aromatic rings. The highest BCUT2D eigenvalue weighted by atomic mass is 35.5. The molecule has 3 nitrogen and oxygen atoms in total. The lowest BCUT2D eigenvalue weighted by atomic mass is 9.84. The molecule has 0 bridgehead atoms. The Morgan fingerprint density at radius 2 is 2.20 bits per heavy atom. The number of hydrogen-bond donors (Lipinski definition) is 2. The molecule has 0 aliphatic carbocycles. The fraction of sp³-hybridized carbons (Fsp3) is 0.364. The zero-order chi connectivity index (χ0) is 11.1. The number of rotatable bonds is 2. The van der Waals surface area contributed by atoms with Gasteiger partial charge < -0.3 is 5.73 Å². The van der Waals surface area contributed by atoms with Gasteiger partial charge in [-0.15, -0.1) is 0 Å². The molecular weight excluding hydrogens is 210 g/mol. The van der Waals surface area contributed by atoms with Crippen LogP contribution in [0.4, 0.5) is 0 Å². The van der Waals surface area contributed by atoms with E-state index >= 15 is 0 Å². The lowest BCUT2D eigenvalue weighted by Gasteiger charge is -2.22. The van der Waals surface area contributed by atoms with Crippen LogP contribution in [0.15, 0.2) is 18.2 Å². The van der Waals surface area contributed by atoms with Crippen LogP contribution < -0.4 is 5.73 Å². The van der Waals surface area contributed by atoms with Crippen LogP contribution in [0.1, 0.15) is 19.4 Å². The Hall–Kier alpha value is -1.06. The average molecular weight is 224 g/mol. The molecule has 0 amide bonds. The summed E-state index contributed by atoms with van der Waals surface area (Å²) in [6.45, 7) is 4.83. The Kier molecular flexibility index (Phi) is 2.44. The van der Waals surface area contributed by atoms with E-state index in [0.29, 0.717) is 11.7 Å². The molecular formula is C11H14ClN3. The Morgan fingerprint density at radius 1 is 1.47 bits per heavy atom. The number of aromatic nitrogens is 2. The number of nitrogens with zero attached hydrogens (tertiary/aromatic N) is 1. The molecule has 1 aromatic carbocycles. The monoisotopic (exact) mass is 223 g/mol. The highest BCUT2D eigenvalue weighted by Crippen LogP contribution is 2.28. The molecule has 0 fully saturated rings. The van der Waals surface area contributed by atoms with Gasteiger partial charge in [0.05, 0.1) is 5.52 Å². The molecule has 80 valence electrons. The predicted molar refractivity (Wildman–Crippen MR) is 63.2 cm³/mol. The fourth-order valence-corrected chi connectivity index (χ4v) is 1.71. The summed E-state index contributed by atoms with van der Waals surface area (Å²) < 4.78 is 0. The number of H-pyrrole nitrogens is 1. The van der Waals surface area contributed by atoms with Crippen molar-refractivity contribution in [3.05, 3.63) is 28.9 Å². The number of nitrogens with two attached hydrogens (primary N) is 1. The first-order chi connectivity index (χ1) is 7.04. The summed E-state index contributed by atoms with van der Waals surface area (Å²) >= 11 is 5.99. The van der Waals surface area contributed by atoms with E-state index < -0.39 is 0 Å². The summed E-state index contributed by atoms with van der Waals surface area (Å²) in [5.74, 6) is 0. The molecule has 0 spiro atoms. The van der Waals surface area contributed by atoms with Gasteiger partial charge >= 0.3 is 0 Å². The molecule has 1 heterocycles. The number of aromatic amines is 1. The Morgan fingerprint density at radius 3 is 2.87 bits per heavy atom. The van der Waals surface area contributed by atoms with Gasteiger partial charge in [0.2, 0.25) is 0 Å². The van der Waals surface area contributed by atoms with Gasteiger partial charge in [0.1, 0.15) is 5.15 Å². The Balaban J connectivity index is 2.59. The summed E-state index contributed by atoms with van der Waals surface area (Å²) in [5.41, 5.74) is 7.77. The van der Waals surface area contributed by atoms with Crippen LogP contribution in [0.5, 0.6) is 0 Å². The van der Waals surface area contributed by atoms with E-state index in [2.05, 4.69) is 24.0 Å². The van der Waals surface area contributed by atoms with Crippen LogP contribution in [0.2, 0.25) is 5.15 Å². The van der Waals surface area contributed by atoms with E-state index in [9.17, 15) is 0 Å². The number of fused-ring (bicyclic) bond motifs is 1. The summed E-state index contributed by atoms with van der Waals surface area (Å²) in [6, 6.07) is 6.06. The Bertz CT molecular complexity index is 488. The largest absolute Gasteiger partial charge is 0.330 e. The minimum Gasteiger partial charge on any atom is -0.330 e. The van der Waals surface area contributed by atoms with Gasteiger partial charge in [-0.3, -0.25) is 5.10 Å². The summed E-state index contributed by atoms with van der Waals surface area (Å²) in [4.78, 5) is 0. The average Bonchev–Trinajstić information content (AvgIpc) is 2.60. The zero-order valence-corrected chi connectivity index (χ0v) is 9.60. The molecule has 0 unspecified atom stereocenters. The van der Waals surface area contributed by atoms with E-state index in [1.54, 1.807) is 0 Å². The van der Waals surface area contributed by atoms with Crippen LogP contribution in [0.25, 0.3) is 10.9 Å². The number of halogens is 1. The van der Waals surface area contributed by atoms with Gasteiger partial charge in [-0.25, -0.2) is 0 Å². The first-order valence-electron chi connectivity index (χ1n) is 4.89. The highest BCUT2D eigenvalue weighted by molar-refractivity contribution is 6.34. The zero-order valence-electron chi connectivity index (χ0n) is 8.84. The molecule has 0 radical (unpaired) electrons. The summed E-state index contributed by atoms with van der Waals surface area (Å²) in [5, 5.41) is 8.37. The van der Waals surface area contributed by atoms with Gasteiger partial charge in [-0.2, -0.15) is 5.10 Å². The smallest absolute Gasteiger partial charge is 0.132 e. The van der Waals surface area contributed by atoms with Crippen molar-refractivity contribution in [3.8, 4) is 0 Å². The van der Waals surface area contributed by atoms with E-state index in [4.69, 9.17) is 17.3 Å². The molecule has 0 aliphatic rings. The molecule has 3 N–H and O–H groups in total. The van der Waals surface area contributed by atoms with Crippen molar-refractivity contribution in [1.29, 1.82) is 0 Å². The van der Waals surface area contributed by atoms with Crippen molar-refractivity contribution in [3.63, 3.8) is 0 Å².